The van der Waals surface area contributed by atoms with E-state index in [-0.39, 0.29) is 0 Å². The fourth-order valence-electron chi connectivity index (χ4n) is 2.28. The van der Waals surface area contributed by atoms with Crippen LogP contribution >= 0.6 is 0 Å². The van der Waals surface area contributed by atoms with E-state index < -0.39 is 0 Å². The summed E-state index contributed by atoms with van der Waals surface area (Å²) < 4.78 is 2.31. The van der Waals surface area contributed by atoms with Gasteiger partial charge >= 0.3 is 0 Å². The second kappa shape index (κ2) is 3.73. The number of benzene rings is 1. The molecule has 1 nitrogen and oxygen atoms in total. The lowest BCUT2D eigenvalue weighted by atomic mass is 9.99. The minimum Gasteiger partial charge on any atom is -0.348 e. The van der Waals surface area contributed by atoms with Crippen molar-refractivity contribution in [1.82, 2.24) is 4.57 Å². The Hall–Kier alpha value is -1.24. The molecule has 80 valence electrons. The van der Waals surface area contributed by atoms with Gasteiger partial charge in [0.25, 0.3) is 0 Å². The first-order chi connectivity index (χ1) is 7.15. The van der Waals surface area contributed by atoms with Crippen molar-refractivity contribution in [3.63, 3.8) is 0 Å². The first-order valence-electron chi connectivity index (χ1n) is 5.72. The molecular formula is C14H19N. The number of rotatable bonds is 2. The lowest BCUT2D eigenvalue weighted by molar-refractivity contribution is 0.863. The van der Waals surface area contributed by atoms with Crippen molar-refractivity contribution in [3.8, 4) is 0 Å². The molecule has 0 bridgehead atoms. The van der Waals surface area contributed by atoms with Crippen LogP contribution in [0.5, 0.6) is 0 Å². The third kappa shape index (κ3) is 1.56. The largest absolute Gasteiger partial charge is 0.348 e. The van der Waals surface area contributed by atoms with Gasteiger partial charge in [0.1, 0.15) is 0 Å². The third-order valence-electron chi connectivity index (χ3n) is 3.20. The molecule has 0 atom stereocenters. The van der Waals surface area contributed by atoms with Crippen LogP contribution in [0, 0.1) is 0 Å². The molecule has 0 saturated heterocycles. The summed E-state index contributed by atoms with van der Waals surface area (Å²) in [5, 5.41) is 1.42. The van der Waals surface area contributed by atoms with Gasteiger partial charge in [0.2, 0.25) is 0 Å². The fraction of sp³-hybridized carbons (Fsp3) is 0.429. The highest BCUT2D eigenvalue weighted by Crippen LogP contribution is 2.27. The van der Waals surface area contributed by atoms with Crippen molar-refractivity contribution in [2.75, 3.05) is 0 Å². The van der Waals surface area contributed by atoms with Crippen molar-refractivity contribution in [1.29, 1.82) is 0 Å². The quantitative estimate of drug-likeness (QED) is 0.695. The van der Waals surface area contributed by atoms with E-state index in [2.05, 4.69) is 56.7 Å². The molecule has 0 aliphatic carbocycles. The summed E-state index contributed by atoms with van der Waals surface area (Å²) in [4.78, 5) is 0. The molecule has 0 N–H and O–H groups in total. The molecule has 0 spiro atoms. The van der Waals surface area contributed by atoms with Gasteiger partial charge in [-0.2, -0.15) is 0 Å². The molecule has 0 radical (unpaired) electrons. The molecule has 1 aromatic heterocycles. The molecular weight excluding hydrogens is 182 g/mol. The Kier molecular flexibility index (Phi) is 2.56. The van der Waals surface area contributed by atoms with E-state index >= 15 is 0 Å². The molecule has 2 rings (SSSR count). The monoisotopic (exact) mass is 201 g/mol. The average Bonchev–Trinajstić information content (AvgIpc) is 2.55. The van der Waals surface area contributed by atoms with Crippen molar-refractivity contribution in [2.45, 2.75) is 33.1 Å². The summed E-state index contributed by atoms with van der Waals surface area (Å²) >= 11 is 0. The highest BCUT2D eigenvalue weighted by atomic mass is 14.9. The van der Waals surface area contributed by atoms with Gasteiger partial charge in [0.15, 0.2) is 0 Å². The Morgan fingerprint density at radius 3 is 2.60 bits per heavy atom. The molecule has 0 saturated carbocycles. The maximum absolute atomic E-state index is 2.34. The first-order valence-corrected chi connectivity index (χ1v) is 5.72. The van der Waals surface area contributed by atoms with Crippen molar-refractivity contribution < 1.29 is 0 Å². The van der Waals surface area contributed by atoms with Gasteiger partial charge in [0, 0.05) is 23.6 Å². The number of aryl methyl sites for hydroxylation is 2. The third-order valence-corrected chi connectivity index (χ3v) is 3.20. The summed E-state index contributed by atoms with van der Waals surface area (Å²) in [6.45, 7) is 6.73. The molecule has 0 amide bonds. The normalized spacial score (nSPS) is 11.5. The topological polar surface area (TPSA) is 4.93 Å². The van der Waals surface area contributed by atoms with E-state index in [1.165, 1.54) is 22.2 Å². The van der Waals surface area contributed by atoms with Gasteiger partial charge in [-0.05, 0) is 30.0 Å². The molecule has 0 aliphatic rings. The number of hydrogen-bond acceptors (Lipinski definition) is 0. The Bertz CT molecular complexity index is 477. The summed E-state index contributed by atoms with van der Waals surface area (Å²) in [5.41, 5.74) is 4.24. The standard InChI is InChI=1S/C14H19N/c1-5-11-9-13-12(10(2)3)7-6-8-14(13)15(11)4/h6-10H,5H2,1-4H3. The molecule has 1 heteroatoms. The SMILES string of the molecule is CCc1cc2c(C(C)C)cccc2n1C. The summed E-state index contributed by atoms with van der Waals surface area (Å²) in [7, 11) is 2.16. The minimum absolute atomic E-state index is 0.598. The predicted molar refractivity (Wildman–Crippen MR) is 66.4 cm³/mol. The molecule has 0 unspecified atom stereocenters. The molecule has 15 heavy (non-hydrogen) atoms. The van der Waals surface area contributed by atoms with Crippen LogP contribution in [-0.4, -0.2) is 4.57 Å². The smallest absolute Gasteiger partial charge is 0.0482 e. The van der Waals surface area contributed by atoms with E-state index in [1.54, 1.807) is 0 Å². The Balaban J connectivity index is 2.76. The zero-order valence-corrected chi connectivity index (χ0v) is 10.0. The number of fused-ring (bicyclic) bond motifs is 1. The summed E-state index contributed by atoms with van der Waals surface area (Å²) in [6, 6.07) is 8.95. The second-order valence-corrected chi connectivity index (χ2v) is 4.48. The van der Waals surface area contributed by atoms with Crippen molar-refractivity contribution >= 4 is 10.9 Å². The molecule has 2 aromatic rings. The van der Waals surface area contributed by atoms with E-state index in [0.717, 1.165) is 6.42 Å². The highest BCUT2D eigenvalue weighted by Gasteiger charge is 2.09. The van der Waals surface area contributed by atoms with Crippen LogP contribution in [0.25, 0.3) is 10.9 Å². The second-order valence-electron chi connectivity index (χ2n) is 4.48. The van der Waals surface area contributed by atoms with Crippen LogP contribution in [0.1, 0.15) is 37.9 Å². The molecule has 0 fully saturated rings. The van der Waals surface area contributed by atoms with Gasteiger partial charge in [-0.15, -0.1) is 0 Å². The van der Waals surface area contributed by atoms with Gasteiger partial charge in [0.05, 0.1) is 0 Å². The molecule has 1 aromatic carbocycles. The molecule has 1 heterocycles. The first kappa shape index (κ1) is 10.3. The van der Waals surface area contributed by atoms with Gasteiger partial charge < -0.3 is 4.57 Å². The zero-order valence-electron chi connectivity index (χ0n) is 10.0. The van der Waals surface area contributed by atoms with Crippen LogP contribution in [0.3, 0.4) is 0 Å². The van der Waals surface area contributed by atoms with Crippen molar-refractivity contribution in [3.05, 3.63) is 35.5 Å². The Morgan fingerprint density at radius 2 is 2.00 bits per heavy atom. The Labute approximate surface area is 91.7 Å². The van der Waals surface area contributed by atoms with E-state index in [1.807, 2.05) is 0 Å². The Morgan fingerprint density at radius 1 is 1.27 bits per heavy atom. The van der Waals surface area contributed by atoms with Crippen LogP contribution in [0.15, 0.2) is 24.3 Å². The molecule has 0 aliphatic heterocycles. The number of hydrogen-bond donors (Lipinski definition) is 0. The highest BCUT2D eigenvalue weighted by molar-refractivity contribution is 5.85. The van der Waals surface area contributed by atoms with Gasteiger partial charge in [-0.25, -0.2) is 0 Å². The van der Waals surface area contributed by atoms with Crippen LogP contribution in [0.2, 0.25) is 0 Å². The summed E-state index contributed by atoms with van der Waals surface area (Å²) in [5.74, 6) is 0.598. The lowest BCUT2D eigenvalue weighted by Gasteiger charge is -2.07. The maximum Gasteiger partial charge on any atom is 0.0482 e. The van der Waals surface area contributed by atoms with E-state index in [0.29, 0.717) is 5.92 Å². The lowest BCUT2D eigenvalue weighted by Crippen LogP contribution is -1.93. The zero-order chi connectivity index (χ0) is 11.0. The van der Waals surface area contributed by atoms with E-state index in [9.17, 15) is 0 Å². The van der Waals surface area contributed by atoms with Crippen LogP contribution in [-0.2, 0) is 13.5 Å². The van der Waals surface area contributed by atoms with Crippen molar-refractivity contribution in [2.24, 2.45) is 7.05 Å². The summed E-state index contributed by atoms with van der Waals surface area (Å²) in [6.07, 6.45) is 1.10. The number of nitrogens with zero attached hydrogens (tertiary/aromatic N) is 1. The maximum atomic E-state index is 2.34. The van der Waals surface area contributed by atoms with Crippen LogP contribution < -0.4 is 0 Å². The fourth-order valence-corrected chi connectivity index (χ4v) is 2.28. The van der Waals surface area contributed by atoms with Crippen LogP contribution in [0.4, 0.5) is 0 Å². The van der Waals surface area contributed by atoms with E-state index in [4.69, 9.17) is 0 Å². The number of aromatic nitrogens is 1. The van der Waals surface area contributed by atoms with Gasteiger partial charge in [-0.1, -0.05) is 32.9 Å². The van der Waals surface area contributed by atoms with Gasteiger partial charge in [-0.3, -0.25) is 0 Å². The minimum atomic E-state index is 0.598. The predicted octanol–water partition coefficient (Wildman–Crippen LogP) is 3.86. The average molecular weight is 201 g/mol.